The van der Waals surface area contributed by atoms with Gasteiger partial charge in [0.15, 0.2) is 6.61 Å². The Hall–Kier alpha value is -2.67. The van der Waals surface area contributed by atoms with Crippen molar-refractivity contribution in [2.45, 2.75) is 19.6 Å². The highest BCUT2D eigenvalue weighted by molar-refractivity contribution is 6.30. The molecule has 26 heavy (non-hydrogen) atoms. The molecule has 138 valence electrons. The van der Waals surface area contributed by atoms with Gasteiger partial charge in [-0.15, -0.1) is 0 Å². The van der Waals surface area contributed by atoms with Crippen LogP contribution in [0.3, 0.4) is 0 Å². The molecule has 0 spiro atoms. The van der Waals surface area contributed by atoms with E-state index in [9.17, 15) is 18.4 Å². The zero-order valence-corrected chi connectivity index (χ0v) is 14.5. The fraction of sp³-hybridized carbons (Fsp3) is 0.222. The lowest BCUT2D eigenvalue weighted by molar-refractivity contribution is -0.124. The Labute approximate surface area is 153 Å². The number of alkyl halides is 2. The van der Waals surface area contributed by atoms with E-state index in [1.807, 2.05) is 6.07 Å². The molecule has 1 amide bonds. The molecule has 0 bridgehead atoms. The highest BCUT2D eigenvalue weighted by Crippen LogP contribution is 2.17. The molecule has 0 saturated heterocycles. The van der Waals surface area contributed by atoms with E-state index >= 15 is 0 Å². The summed E-state index contributed by atoms with van der Waals surface area (Å²) in [5.74, 6) is -1.31. The van der Waals surface area contributed by atoms with Crippen LogP contribution in [0.25, 0.3) is 0 Å². The summed E-state index contributed by atoms with van der Waals surface area (Å²) in [4.78, 5) is 23.8. The van der Waals surface area contributed by atoms with Gasteiger partial charge in [-0.1, -0.05) is 23.7 Å². The molecule has 0 saturated carbocycles. The predicted octanol–water partition coefficient (Wildman–Crippen LogP) is 3.98. The number of esters is 1. The number of nitrogens with one attached hydrogen (secondary N) is 1. The third kappa shape index (κ3) is 6.00. The van der Waals surface area contributed by atoms with E-state index in [0.717, 1.165) is 5.56 Å². The van der Waals surface area contributed by atoms with Crippen molar-refractivity contribution in [1.82, 2.24) is 5.32 Å². The van der Waals surface area contributed by atoms with E-state index in [0.29, 0.717) is 5.02 Å². The molecule has 2 aromatic carbocycles. The van der Waals surface area contributed by atoms with E-state index in [4.69, 9.17) is 16.3 Å². The van der Waals surface area contributed by atoms with Gasteiger partial charge in [0.05, 0.1) is 11.6 Å². The summed E-state index contributed by atoms with van der Waals surface area (Å²) in [6.07, 6.45) is 0. The minimum Gasteiger partial charge on any atom is -0.452 e. The van der Waals surface area contributed by atoms with Crippen LogP contribution >= 0.6 is 11.6 Å². The molecule has 2 rings (SSSR count). The Balaban J connectivity index is 1.83. The van der Waals surface area contributed by atoms with E-state index < -0.39 is 25.1 Å². The number of amides is 1. The van der Waals surface area contributed by atoms with Crippen molar-refractivity contribution < 1.29 is 27.8 Å². The smallest absolute Gasteiger partial charge is 0.387 e. The van der Waals surface area contributed by atoms with Crippen LogP contribution in [0.2, 0.25) is 5.02 Å². The molecule has 5 nitrogen and oxygen atoms in total. The molecule has 0 aliphatic rings. The van der Waals surface area contributed by atoms with Gasteiger partial charge in [-0.3, -0.25) is 4.79 Å². The topological polar surface area (TPSA) is 64.6 Å². The zero-order chi connectivity index (χ0) is 19.1. The van der Waals surface area contributed by atoms with Crippen molar-refractivity contribution in [3.8, 4) is 5.75 Å². The standard InChI is InChI=1S/C18H16ClF2NO4/c1-11(13-3-2-4-14(19)9-13)22-16(23)10-25-17(24)12-5-7-15(8-6-12)26-18(20)21/h2-9,11,18H,10H2,1H3,(H,22,23)/t11-/m1/s1. The number of halogens is 3. The van der Waals surface area contributed by atoms with E-state index in [1.165, 1.54) is 24.3 Å². The van der Waals surface area contributed by atoms with Crippen molar-refractivity contribution in [2.24, 2.45) is 0 Å². The number of carbonyl (C=O) groups excluding carboxylic acids is 2. The number of rotatable bonds is 7. The Bertz CT molecular complexity index is 768. The first-order valence-corrected chi connectivity index (χ1v) is 8.00. The predicted molar refractivity (Wildman–Crippen MR) is 91.4 cm³/mol. The quantitative estimate of drug-likeness (QED) is 0.735. The molecule has 0 aliphatic carbocycles. The summed E-state index contributed by atoms with van der Waals surface area (Å²) in [7, 11) is 0. The second kappa shape index (κ2) is 9.15. The van der Waals surface area contributed by atoms with Gasteiger partial charge >= 0.3 is 12.6 Å². The minimum atomic E-state index is -2.95. The number of hydrogen-bond donors (Lipinski definition) is 1. The van der Waals surface area contributed by atoms with Gasteiger partial charge in [-0.05, 0) is 48.9 Å². The molecular weight excluding hydrogens is 368 g/mol. The highest BCUT2D eigenvalue weighted by Gasteiger charge is 2.14. The van der Waals surface area contributed by atoms with Crippen molar-refractivity contribution in [3.05, 3.63) is 64.7 Å². The van der Waals surface area contributed by atoms with Gasteiger partial charge in [-0.25, -0.2) is 4.79 Å². The SMILES string of the molecule is C[C@@H](NC(=O)COC(=O)c1ccc(OC(F)F)cc1)c1cccc(Cl)c1. The molecule has 8 heteroatoms. The third-order valence-electron chi connectivity index (χ3n) is 3.38. The van der Waals surface area contributed by atoms with Crippen molar-refractivity contribution in [2.75, 3.05) is 6.61 Å². The molecule has 0 radical (unpaired) electrons. The fourth-order valence-corrected chi connectivity index (χ4v) is 2.33. The highest BCUT2D eigenvalue weighted by atomic mass is 35.5. The van der Waals surface area contributed by atoms with Gasteiger partial charge in [0.25, 0.3) is 5.91 Å². The summed E-state index contributed by atoms with van der Waals surface area (Å²) in [6, 6.07) is 11.7. The molecule has 0 heterocycles. The molecule has 1 N–H and O–H groups in total. The van der Waals surface area contributed by atoms with Crippen LogP contribution < -0.4 is 10.1 Å². The minimum absolute atomic E-state index is 0.0790. The van der Waals surface area contributed by atoms with Gasteiger partial charge in [0.2, 0.25) is 0 Å². The third-order valence-corrected chi connectivity index (χ3v) is 3.61. The van der Waals surface area contributed by atoms with E-state index in [1.54, 1.807) is 25.1 Å². The second-order valence-electron chi connectivity index (χ2n) is 5.32. The summed E-state index contributed by atoms with van der Waals surface area (Å²) in [5.41, 5.74) is 0.925. The summed E-state index contributed by atoms with van der Waals surface area (Å²) >= 11 is 5.90. The first-order valence-electron chi connectivity index (χ1n) is 7.62. The van der Waals surface area contributed by atoms with Gasteiger partial charge in [0.1, 0.15) is 5.75 Å². The van der Waals surface area contributed by atoms with Crippen LogP contribution in [0, 0.1) is 0 Å². The van der Waals surface area contributed by atoms with Crippen molar-refractivity contribution in [1.29, 1.82) is 0 Å². The van der Waals surface area contributed by atoms with Gasteiger partial charge in [-0.2, -0.15) is 8.78 Å². The molecule has 0 unspecified atom stereocenters. The number of benzene rings is 2. The molecule has 0 aromatic heterocycles. The first kappa shape index (κ1) is 19.7. The van der Waals surface area contributed by atoms with Crippen LogP contribution in [0.15, 0.2) is 48.5 Å². The Morgan fingerprint density at radius 3 is 2.46 bits per heavy atom. The second-order valence-corrected chi connectivity index (χ2v) is 5.76. The molecular formula is C18H16ClF2NO4. The number of ether oxygens (including phenoxy) is 2. The lowest BCUT2D eigenvalue weighted by Gasteiger charge is -2.14. The maximum absolute atomic E-state index is 12.1. The Kier molecular flexibility index (Phi) is 6.91. The zero-order valence-electron chi connectivity index (χ0n) is 13.7. The number of hydrogen-bond acceptors (Lipinski definition) is 4. The summed E-state index contributed by atoms with van der Waals surface area (Å²) in [5, 5.41) is 3.23. The molecule has 2 aromatic rings. The lowest BCUT2D eigenvalue weighted by atomic mass is 10.1. The van der Waals surface area contributed by atoms with Crippen LogP contribution in [-0.4, -0.2) is 25.1 Å². The average Bonchev–Trinajstić information content (AvgIpc) is 2.59. The first-order chi connectivity index (χ1) is 12.3. The maximum atomic E-state index is 12.1. The van der Waals surface area contributed by atoms with Crippen molar-refractivity contribution >= 4 is 23.5 Å². The lowest BCUT2D eigenvalue weighted by Crippen LogP contribution is -2.31. The van der Waals surface area contributed by atoms with Gasteiger partial charge in [0, 0.05) is 5.02 Å². The monoisotopic (exact) mass is 383 g/mol. The molecule has 1 atom stereocenters. The largest absolute Gasteiger partial charge is 0.452 e. The Morgan fingerprint density at radius 1 is 1.15 bits per heavy atom. The van der Waals surface area contributed by atoms with Crippen LogP contribution in [-0.2, 0) is 9.53 Å². The number of carbonyl (C=O) groups is 2. The Morgan fingerprint density at radius 2 is 1.85 bits per heavy atom. The summed E-state index contributed by atoms with van der Waals surface area (Å²) < 4.78 is 33.2. The van der Waals surface area contributed by atoms with E-state index in [2.05, 4.69) is 10.1 Å². The van der Waals surface area contributed by atoms with Gasteiger partial charge < -0.3 is 14.8 Å². The fourth-order valence-electron chi connectivity index (χ4n) is 2.13. The van der Waals surface area contributed by atoms with Crippen molar-refractivity contribution in [3.63, 3.8) is 0 Å². The average molecular weight is 384 g/mol. The van der Waals surface area contributed by atoms with Crippen LogP contribution in [0.4, 0.5) is 8.78 Å². The van der Waals surface area contributed by atoms with Crippen LogP contribution in [0.1, 0.15) is 28.9 Å². The normalized spacial score (nSPS) is 11.7. The summed E-state index contributed by atoms with van der Waals surface area (Å²) in [6.45, 7) is -1.65. The van der Waals surface area contributed by atoms with Crippen LogP contribution in [0.5, 0.6) is 5.75 Å². The van der Waals surface area contributed by atoms with E-state index in [-0.39, 0.29) is 17.4 Å². The molecule has 0 aliphatic heterocycles. The maximum Gasteiger partial charge on any atom is 0.387 e. The molecule has 0 fully saturated rings.